The van der Waals surface area contributed by atoms with Crippen LogP contribution >= 0.6 is 11.6 Å². The number of carboxylic acid groups (broad SMARTS) is 1. The second-order valence-corrected chi connectivity index (χ2v) is 4.67. The van der Waals surface area contributed by atoms with Crippen LogP contribution in [0.3, 0.4) is 0 Å². The van der Waals surface area contributed by atoms with E-state index >= 15 is 0 Å². The number of rotatable bonds is 5. The second-order valence-electron chi connectivity index (χ2n) is 4.32. The Morgan fingerprint density at radius 1 is 1.53 bits per heavy atom. The summed E-state index contributed by atoms with van der Waals surface area (Å²) in [6.45, 7) is -0.503. The summed E-state index contributed by atoms with van der Waals surface area (Å²) >= 11 is 5.86. The summed E-state index contributed by atoms with van der Waals surface area (Å²) in [5.74, 6) is -1.16. The van der Waals surface area contributed by atoms with Crippen molar-refractivity contribution in [3.8, 4) is 5.75 Å². The molecule has 0 atom stereocenters. The minimum atomic E-state index is -1.11. The van der Waals surface area contributed by atoms with Crippen molar-refractivity contribution in [1.82, 2.24) is 9.88 Å². The van der Waals surface area contributed by atoms with Gasteiger partial charge in [0.1, 0.15) is 5.69 Å². The Morgan fingerprint density at radius 2 is 2.21 bits per heavy atom. The zero-order valence-corrected chi connectivity index (χ0v) is 11.1. The van der Waals surface area contributed by atoms with Crippen LogP contribution in [-0.4, -0.2) is 46.6 Å². The minimum Gasteiger partial charge on any atom is -0.479 e. The van der Waals surface area contributed by atoms with Crippen molar-refractivity contribution in [2.75, 3.05) is 13.7 Å². The van der Waals surface area contributed by atoms with Gasteiger partial charge in [-0.05, 0) is 25.0 Å². The summed E-state index contributed by atoms with van der Waals surface area (Å²) in [5, 5.41) is 8.48. The number of amides is 1. The van der Waals surface area contributed by atoms with E-state index < -0.39 is 12.6 Å². The van der Waals surface area contributed by atoms with Crippen LogP contribution in [0.25, 0.3) is 0 Å². The summed E-state index contributed by atoms with van der Waals surface area (Å²) in [5.41, 5.74) is 0.224. The van der Waals surface area contributed by atoms with E-state index in [2.05, 4.69) is 4.98 Å². The lowest BCUT2D eigenvalue weighted by atomic mass is 10.3. The molecule has 1 aromatic rings. The lowest BCUT2D eigenvalue weighted by Crippen LogP contribution is -2.29. The normalized spacial score (nSPS) is 14.0. The molecule has 2 rings (SSSR count). The van der Waals surface area contributed by atoms with Crippen molar-refractivity contribution >= 4 is 23.5 Å². The number of hydrogen-bond acceptors (Lipinski definition) is 4. The lowest BCUT2D eigenvalue weighted by molar-refractivity contribution is -0.139. The van der Waals surface area contributed by atoms with E-state index in [4.69, 9.17) is 21.4 Å². The first-order valence-electron chi connectivity index (χ1n) is 5.77. The average molecular weight is 285 g/mol. The molecule has 1 saturated carbocycles. The van der Waals surface area contributed by atoms with Gasteiger partial charge in [0.25, 0.3) is 5.91 Å². The van der Waals surface area contributed by atoms with Gasteiger partial charge in [0.2, 0.25) is 0 Å². The van der Waals surface area contributed by atoms with Crippen LogP contribution in [0.5, 0.6) is 5.75 Å². The van der Waals surface area contributed by atoms with Gasteiger partial charge in [0, 0.05) is 13.1 Å². The second kappa shape index (κ2) is 5.44. The van der Waals surface area contributed by atoms with Crippen molar-refractivity contribution in [3.63, 3.8) is 0 Å². The molecule has 1 amide bonds. The van der Waals surface area contributed by atoms with Crippen LogP contribution in [0, 0.1) is 0 Å². The first kappa shape index (κ1) is 13.6. The van der Waals surface area contributed by atoms with E-state index in [1.807, 2.05) is 0 Å². The fourth-order valence-corrected chi connectivity index (χ4v) is 1.80. The molecule has 1 fully saturated rings. The van der Waals surface area contributed by atoms with Gasteiger partial charge in [-0.2, -0.15) is 0 Å². The molecule has 1 N–H and O–H groups in total. The predicted octanol–water partition coefficient (Wildman–Crippen LogP) is 1.43. The molecule has 1 aliphatic carbocycles. The summed E-state index contributed by atoms with van der Waals surface area (Å²) < 4.78 is 4.93. The van der Waals surface area contributed by atoms with Gasteiger partial charge in [-0.1, -0.05) is 11.6 Å². The SMILES string of the molecule is CN(C(=O)c1ccc(OCC(=O)O)c(Cl)n1)C1CC1. The number of carbonyl (C=O) groups excluding carboxylic acids is 1. The molecule has 0 spiro atoms. The molecule has 102 valence electrons. The fourth-order valence-electron chi connectivity index (χ4n) is 1.60. The third-order valence-corrected chi connectivity index (χ3v) is 3.07. The highest BCUT2D eigenvalue weighted by Gasteiger charge is 2.30. The van der Waals surface area contributed by atoms with Crippen molar-refractivity contribution in [1.29, 1.82) is 0 Å². The summed E-state index contributed by atoms with van der Waals surface area (Å²) in [4.78, 5) is 28.0. The van der Waals surface area contributed by atoms with Gasteiger partial charge in [0.15, 0.2) is 17.5 Å². The predicted molar refractivity (Wildman–Crippen MR) is 67.5 cm³/mol. The monoisotopic (exact) mass is 284 g/mol. The number of hydrogen-bond donors (Lipinski definition) is 1. The number of pyridine rings is 1. The zero-order valence-electron chi connectivity index (χ0n) is 10.3. The first-order chi connectivity index (χ1) is 8.99. The molecule has 0 bridgehead atoms. The first-order valence-corrected chi connectivity index (χ1v) is 6.15. The van der Waals surface area contributed by atoms with Gasteiger partial charge in [-0.15, -0.1) is 0 Å². The summed E-state index contributed by atoms with van der Waals surface area (Å²) in [7, 11) is 1.73. The molecule has 1 heterocycles. The maximum atomic E-state index is 12.0. The van der Waals surface area contributed by atoms with Crippen LogP contribution in [0.15, 0.2) is 12.1 Å². The van der Waals surface area contributed by atoms with Gasteiger partial charge >= 0.3 is 5.97 Å². The number of carboxylic acids is 1. The third-order valence-electron chi connectivity index (χ3n) is 2.80. The molecule has 19 heavy (non-hydrogen) atoms. The topological polar surface area (TPSA) is 79.7 Å². The molecule has 1 aliphatic rings. The number of carbonyl (C=O) groups is 2. The van der Waals surface area contributed by atoms with E-state index in [9.17, 15) is 9.59 Å². The highest BCUT2D eigenvalue weighted by Crippen LogP contribution is 2.27. The third kappa shape index (κ3) is 3.35. The standard InChI is InChI=1S/C12H13ClN2O4/c1-15(7-2-3-7)12(18)8-4-5-9(11(13)14-8)19-6-10(16)17/h4-5,7H,2-3,6H2,1H3,(H,16,17). The van der Waals surface area contributed by atoms with E-state index in [-0.39, 0.29) is 28.5 Å². The molecule has 0 saturated heterocycles. The number of halogens is 1. The van der Waals surface area contributed by atoms with Crippen molar-refractivity contribution in [2.24, 2.45) is 0 Å². The Balaban J connectivity index is 2.09. The number of aromatic nitrogens is 1. The molecule has 0 aromatic carbocycles. The zero-order chi connectivity index (χ0) is 14.0. The van der Waals surface area contributed by atoms with Gasteiger partial charge in [-0.3, -0.25) is 4.79 Å². The Labute approximate surface area is 114 Å². The van der Waals surface area contributed by atoms with Crippen LogP contribution in [0.4, 0.5) is 0 Å². The van der Waals surface area contributed by atoms with E-state index in [1.165, 1.54) is 12.1 Å². The van der Waals surface area contributed by atoms with Crippen LogP contribution < -0.4 is 4.74 Å². The van der Waals surface area contributed by atoms with Gasteiger partial charge < -0.3 is 14.7 Å². The number of nitrogens with zero attached hydrogens (tertiary/aromatic N) is 2. The van der Waals surface area contributed by atoms with Gasteiger partial charge in [-0.25, -0.2) is 9.78 Å². The molecule has 0 aliphatic heterocycles. The largest absolute Gasteiger partial charge is 0.479 e. The summed E-state index contributed by atoms with van der Waals surface area (Å²) in [6.07, 6.45) is 2.02. The lowest BCUT2D eigenvalue weighted by Gasteiger charge is -2.16. The molecular formula is C12H13ClN2O4. The van der Waals surface area contributed by atoms with Crippen LogP contribution in [0.1, 0.15) is 23.3 Å². The van der Waals surface area contributed by atoms with E-state index in [1.54, 1.807) is 11.9 Å². The highest BCUT2D eigenvalue weighted by molar-refractivity contribution is 6.31. The Kier molecular flexibility index (Phi) is 3.90. The van der Waals surface area contributed by atoms with Crippen molar-refractivity contribution in [2.45, 2.75) is 18.9 Å². The van der Waals surface area contributed by atoms with Crippen molar-refractivity contribution in [3.05, 3.63) is 23.0 Å². The Morgan fingerprint density at radius 3 is 2.74 bits per heavy atom. The molecule has 0 unspecified atom stereocenters. The molecule has 7 heteroatoms. The summed E-state index contributed by atoms with van der Waals surface area (Å²) in [6, 6.07) is 3.22. The van der Waals surface area contributed by atoms with E-state index in [0.717, 1.165) is 12.8 Å². The highest BCUT2D eigenvalue weighted by atomic mass is 35.5. The molecule has 1 aromatic heterocycles. The van der Waals surface area contributed by atoms with Gasteiger partial charge in [0.05, 0.1) is 0 Å². The number of aliphatic carboxylic acids is 1. The smallest absolute Gasteiger partial charge is 0.341 e. The molecule has 0 radical (unpaired) electrons. The minimum absolute atomic E-state index is 0.0173. The molecule has 6 nitrogen and oxygen atoms in total. The maximum Gasteiger partial charge on any atom is 0.341 e. The maximum absolute atomic E-state index is 12.0. The number of ether oxygens (including phenoxy) is 1. The Hall–Kier alpha value is -1.82. The van der Waals surface area contributed by atoms with Crippen LogP contribution in [0.2, 0.25) is 5.15 Å². The molecular weight excluding hydrogens is 272 g/mol. The average Bonchev–Trinajstić information content (AvgIpc) is 3.19. The van der Waals surface area contributed by atoms with Crippen molar-refractivity contribution < 1.29 is 19.4 Å². The Bertz CT molecular complexity index is 516. The quantitative estimate of drug-likeness (QED) is 0.828. The fraction of sp³-hybridized carbons (Fsp3) is 0.417. The van der Waals surface area contributed by atoms with Crippen LogP contribution in [-0.2, 0) is 4.79 Å². The van der Waals surface area contributed by atoms with E-state index in [0.29, 0.717) is 0 Å².